The second-order valence-corrected chi connectivity index (χ2v) is 4.73. The highest BCUT2D eigenvalue weighted by Crippen LogP contribution is 2.17. The summed E-state index contributed by atoms with van der Waals surface area (Å²) in [5.41, 5.74) is -0.183. The van der Waals surface area contributed by atoms with Crippen LogP contribution in [0, 0.1) is 9.39 Å². The summed E-state index contributed by atoms with van der Waals surface area (Å²) in [5.74, 6) is -1.09. The van der Waals surface area contributed by atoms with Crippen LogP contribution in [0.1, 0.15) is 17.3 Å². The number of nitrogens with one attached hydrogen (secondary N) is 1. The third kappa shape index (κ3) is 2.24. The lowest BCUT2D eigenvalue weighted by atomic mass is 10.1. The van der Waals surface area contributed by atoms with Crippen molar-refractivity contribution in [3.63, 3.8) is 0 Å². The van der Waals surface area contributed by atoms with Gasteiger partial charge in [0, 0.05) is 15.2 Å². The molecule has 0 radical (unpaired) electrons. The van der Waals surface area contributed by atoms with Crippen LogP contribution in [-0.4, -0.2) is 17.6 Å². The van der Waals surface area contributed by atoms with Crippen LogP contribution in [0.25, 0.3) is 10.9 Å². The summed E-state index contributed by atoms with van der Waals surface area (Å²) in [6.07, 6.45) is 1.25. The van der Waals surface area contributed by atoms with Crippen molar-refractivity contribution < 1.29 is 13.9 Å². The number of carbonyl (C=O) groups excluding carboxylic acids is 1. The molecule has 0 bridgehead atoms. The van der Waals surface area contributed by atoms with E-state index in [0.717, 1.165) is 0 Å². The standard InChI is InChI=1S/C12H9FINO3/c1-2-18-12(17)7-5-15-10-4-8(13)9(14)3-6(10)11(7)16/h3-5H,2H2,1H3,(H,15,16). The predicted octanol–water partition coefficient (Wildman–Crippen LogP) is 2.45. The molecular weight excluding hydrogens is 352 g/mol. The number of aromatic nitrogens is 1. The van der Waals surface area contributed by atoms with Crippen molar-refractivity contribution in [3.05, 3.63) is 43.5 Å². The fourth-order valence-electron chi connectivity index (χ4n) is 1.58. The fraction of sp³-hybridized carbons (Fsp3) is 0.167. The highest BCUT2D eigenvalue weighted by Gasteiger charge is 2.15. The van der Waals surface area contributed by atoms with Crippen molar-refractivity contribution in [2.75, 3.05) is 6.61 Å². The number of hydrogen-bond acceptors (Lipinski definition) is 3. The van der Waals surface area contributed by atoms with Crippen LogP contribution in [0.2, 0.25) is 0 Å². The molecule has 0 aliphatic carbocycles. The number of H-pyrrole nitrogens is 1. The smallest absolute Gasteiger partial charge is 0.343 e. The first-order chi connectivity index (χ1) is 8.54. The molecule has 1 aromatic heterocycles. The quantitative estimate of drug-likeness (QED) is 0.661. The van der Waals surface area contributed by atoms with Crippen molar-refractivity contribution in [3.8, 4) is 0 Å². The Bertz CT molecular complexity index is 681. The van der Waals surface area contributed by atoms with Crippen molar-refractivity contribution >= 4 is 39.5 Å². The zero-order valence-electron chi connectivity index (χ0n) is 9.42. The Labute approximate surface area is 115 Å². The second-order valence-electron chi connectivity index (χ2n) is 3.56. The van der Waals surface area contributed by atoms with Gasteiger partial charge in [-0.05, 0) is 41.6 Å². The molecule has 2 aromatic rings. The minimum Gasteiger partial charge on any atom is -0.462 e. The molecule has 94 valence electrons. The number of halogens is 2. The summed E-state index contributed by atoms with van der Waals surface area (Å²) in [6.45, 7) is 1.85. The normalized spacial score (nSPS) is 10.6. The molecule has 0 amide bonds. The maximum Gasteiger partial charge on any atom is 0.343 e. The van der Waals surface area contributed by atoms with Crippen LogP contribution in [0.15, 0.2) is 23.1 Å². The van der Waals surface area contributed by atoms with Crippen LogP contribution in [0.4, 0.5) is 4.39 Å². The lowest BCUT2D eigenvalue weighted by Gasteiger charge is -2.04. The Hall–Kier alpha value is -1.44. The molecule has 18 heavy (non-hydrogen) atoms. The van der Waals surface area contributed by atoms with E-state index < -0.39 is 17.2 Å². The van der Waals surface area contributed by atoms with E-state index in [4.69, 9.17) is 4.74 Å². The highest BCUT2D eigenvalue weighted by atomic mass is 127. The average Bonchev–Trinajstić information content (AvgIpc) is 2.32. The lowest BCUT2D eigenvalue weighted by Crippen LogP contribution is -2.18. The molecule has 0 saturated carbocycles. The Morgan fingerprint density at radius 2 is 2.22 bits per heavy atom. The van der Waals surface area contributed by atoms with Gasteiger partial charge in [-0.25, -0.2) is 9.18 Å². The van der Waals surface area contributed by atoms with E-state index in [1.165, 1.54) is 18.3 Å². The number of carbonyl (C=O) groups is 1. The summed E-state index contributed by atoms with van der Waals surface area (Å²) < 4.78 is 18.4. The molecule has 0 spiro atoms. The monoisotopic (exact) mass is 361 g/mol. The lowest BCUT2D eigenvalue weighted by molar-refractivity contribution is 0.0524. The van der Waals surface area contributed by atoms with Gasteiger partial charge in [0.2, 0.25) is 5.43 Å². The number of hydrogen-bond donors (Lipinski definition) is 1. The summed E-state index contributed by atoms with van der Waals surface area (Å²) in [6, 6.07) is 2.64. The maximum absolute atomic E-state index is 13.3. The molecular formula is C12H9FINO3. The van der Waals surface area contributed by atoms with E-state index in [1.54, 1.807) is 29.5 Å². The van der Waals surface area contributed by atoms with Gasteiger partial charge in [-0.15, -0.1) is 0 Å². The molecule has 2 rings (SSSR count). The van der Waals surface area contributed by atoms with Crippen molar-refractivity contribution in [1.29, 1.82) is 0 Å². The fourth-order valence-corrected chi connectivity index (χ4v) is 2.04. The predicted molar refractivity (Wildman–Crippen MR) is 73.2 cm³/mol. The van der Waals surface area contributed by atoms with E-state index >= 15 is 0 Å². The molecule has 0 unspecified atom stereocenters. The number of aromatic amines is 1. The summed E-state index contributed by atoms with van der Waals surface area (Å²) >= 11 is 1.79. The number of pyridine rings is 1. The average molecular weight is 361 g/mol. The molecule has 0 atom stereocenters. The van der Waals surface area contributed by atoms with Gasteiger partial charge >= 0.3 is 5.97 Å². The summed E-state index contributed by atoms with van der Waals surface area (Å²) in [4.78, 5) is 26.3. The van der Waals surface area contributed by atoms with E-state index in [-0.39, 0.29) is 17.6 Å². The van der Waals surface area contributed by atoms with E-state index in [2.05, 4.69) is 4.98 Å². The minimum atomic E-state index is -0.681. The van der Waals surface area contributed by atoms with Crippen LogP contribution in [-0.2, 0) is 4.74 Å². The molecule has 1 aromatic carbocycles. The first kappa shape index (κ1) is 13.0. The van der Waals surface area contributed by atoms with Crippen LogP contribution in [0.3, 0.4) is 0 Å². The van der Waals surface area contributed by atoms with E-state index in [1.807, 2.05) is 0 Å². The van der Waals surface area contributed by atoms with Crippen LogP contribution >= 0.6 is 22.6 Å². The number of benzene rings is 1. The van der Waals surface area contributed by atoms with E-state index in [0.29, 0.717) is 9.09 Å². The van der Waals surface area contributed by atoms with Gasteiger partial charge in [-0.3, -0.25) is 4.79 Å². The third-order valence-corrected chi connectivity index (χ3v) is 3.24. The molecule has 1 heterocycles. The van der Waals surface area contributed by atoms with Gasteiger partial charge in [0.1, 0.15) is 11.4 Å². The van der Waals surface area contributed by atoms with Crippen molar-refractivity contribution in [2.24, 2.45) is 0 Å². The Morgan fingerprint density at radius 3 is 2.89 bits per heavy atom. The first-order valence-electron chi connectivity index (χ1n) is 5.22. The van der Waals surface area contributed by atoms with Gasteiger partial charge in [0.15, 0.2) is 0 Å². The molecule has 0 fully saturated rings. The Kier molecular flexibility index (Phi) is 3.65. The largest absolute Gasteiger partial charge is 0.462 e. The van der Waals surface area contributed by atoms with Crippen molar-refractivity contribution in [2.45, 2.75) is 6.92 Å². The minimum absolute atomic E-state index is 0.0771. The van der Waals surface area contributed by atoms with Gasteiger partial charge in [0.05, 0.1) is 12.1 Å². The number of ether oxygens (including phenoxy) is 1. The summed E-state index contributed by atoms with van der Waals surface area (Å²) in [5, 5.41) is 0.270. The molecule has 1 N–H and O–H groups in total. The van der Waals surface area contributed by atoms with Crippen LogP contribution < -0.4 is 5.43 Å². The second kappa shape index (κ2) is 5.05. The van der Waals surface area contributed by atoms with Gasteiger partial charge in [-0.1, -0.05) is 0 Å². The first-order valence-corrected chi connectivity index (χ1v) is 6.30. The molecule has 6 heteroatoms. The van der Waals surface area contributed by atoms with Crippen LogP contribution in [0.5, 0.6) is 0 Å². The summed E-state index contributed by atoms with van der Waals surface area (Å²) in [7, 11) is 0. The molecule has 4 nitrogen and oxygen atoms in total. The van der Waals surface area contributed by atoms with E-state index in [9.17, 15) is 14.0 Å². The third-order valence-electron chi connectivity index (χ3n) is 2.42. The number of esters is 1. The zero-order valence-corrected chi connectivity index (χ0v) is 11.6. The van der Waals surface area contributed by atoms with Gasteiger partial charge in [0.25, 0.3) is 0 Å². The number of fused-ring (bicyclic) bond motifs is 1. The Morgan fingerprint density at radius 1 is 1.50 bits per heavy atom. The molecule has 0 aliphatic heterocycles. The number of rotatable bonds is 2. The Balaban J connectivity index is 2.68. The maximum atomic E-state index is 13.3. The van der Waals surface area contributed by atoms with Crippen molar-refractivity contribution in [1.82, 2.24) is 4.98 Å². The van der Waals surface area contributed by atoms with Gasteiger partial charge < -0.3 is 9.72 Å². The molecule has 0 aliphatic rings. The highest BCUT2D eigenvalue weighted by molar-refractivity contribution is 14.1. The zero-order chi connectivity index (χ0) is 13.3. The molecule has 0 saturated heterocycles. The van der Waals surface area contributed by atoms with Gasteiger partial charge in [-0.2, -0.15) is 0 Å². The topological polar surface area (TPSA) is 59.2 Å². The SMILES string of the molecule is CCOC(=O)c1c[nH]c2cc(F)c(I)cc2c1=O.